The SMILES string of the molecule is Cc1ccc2ncnc(N3CCOC[C@@H]3c3c(C)nn(C)c3C)c2c1. The zero-order valence-electron chi connectivity index (χ0n) is 15.2. The molecule has 3 heterocycles. The number of hydrogen-bond acceptors (Lipinski definition) is 5. The Morgan fingerprint density at radius 2 is 2.00 bits per heavy atom. The molecule has 0 unspecified atom stereocenters. The number of nitrogens with zero attached hydrogens (tertiary/aromatic N) is 5. The lowest BCUT2D eigenvalue weighted by atomic mass is 10.0. The first-order valence-electron chi connectivity index (χ1n) is 8.62. The lowest BCUT2D eigenvalue weighted by molar-refractivity contribution is 0.0935. The summed E-state index contributed by atoms with van der Waals surface area (Å²) in [7, 11) is 1.99. The van der Waals surface area contributed by atoms with E-state index in [-0.39, 0.29) is 6.04 Å². The van der Waals surface area contributed by atoms with Gasteiger partial charge in [0.15, 0.2) is 0 Å². The number of hydrogen-bond donors (Lipinski definition) is 0. The molecule has 1 saturated heterocycles. The summed E-state index contributed by atoms with van der Waals surface area (Å²) >= 11 is 0. The molecule has 6 heteroatoms. The van der Waals surface area contributed by atoms with E-state index >= 15 is 0 Å². The molecule has 6 nitrogen and oxygen atoms in total. The van der Waals surface area contributed by atoms with Crippen LogP contribution in [-0.4, -0.2) is 39.5 Å². The normalized spacial score (nSPS) is 18.1. The molecular weight excluding hydrogens is 314 g/mol. The average Bonchev–Trinajstić information content (AvgIpc) is 2.86. The Balaban J connectivity index is 1.87. The third kappa shape index (κ3) is 2.66. The zero-order valence-corrected chi connectivity index (χ0v) is 15.2. The number of aromatic nitrogens is 4. The maximum Gasteiger partial charge on any atom is 0.140 e. The van der Waals surface area contributed by atoms with Gasteiger partial charge in [-0.15, -0.1) is 0 Å². The van der Waals surface area contributed by atoms with Crippen molar-refractivity contribution in [2.24, 2.45) is 7.05 Å². The molecule has 2 aromatic heterocycles. The fourth-order valence-corrected chi connectivity index (χ4v) is 3.75. The van der Waals surface area contributed by atoms with E-state index in [1.165, 1.54) is 16.8 Å². The minimum absolute atomic E-state index is 0.112. The quantitative estimate of drug-likeness (QED) is 0.720. The maximum atomic E-state index is 5.82. The van der Waals surface area contributed by atoms with Crippen molar-refractivity contribution in [1.82, 2.24) is 19.7 Å². The van der Waals surface area contributed by atoms with E-state index < -0.39 is 0 Å². The van der Waals surface area contributed by atoms with Gasteiger partial charge >= 0.3 is 0 Å². The third-order valence-electron chi connectivity index (χ3n) is 5.07. The van der Waals surface area contributed by atoms with Crippen molar-refractivity contribution in [1.29, 1.82) is 0 Å². The number of anilines is 1. The molecule has 0 bridgehead atoms. The van der Waals surface area contributed by atoms with Crippen LogP contribution in [0.15, 0.2) is 24.5 Å². The van der Waals surface area contributed by atoms with Crippen LogP contribution in [0.25, 0.3) is 10.9 Å². The van der Waals surface area contributed by atoms with Crippen LogP contribution in [0, 0.1) is 20.8 Å². The molecule has 1 aliphatic rings. The fourth-order valence-electron chi connectivity index (χ4n) is 3.75. The van der Waals surface area contributed by atoms with Crippen LogP contribution in [0.3, 0.4) is 0 Å². The molecule has 1 atom stereocenters. The molecule has 0 radical (unpaired) electrons. The number of fused-ring (bicyclic) bond motifs is 1. The van der Waals surface area contributed by atoms with Gasteiger partial charge in [0, 0.05) is 30.2 Å². The van der Waals surface area contributed by atoms with E-state index in [1.807, 2.05) is 11.7 Å². The van der Waals surface area contributed by atoms with E-state index in [4.69, 9.17) is 4.74 Å². The molecule has 3 aromatic rings. The van der Waals surface area contributed by atoms with Crippen LogP contribution in [-0.2, 0) is 11.8 Å². The molecule has 0 N–H and O–H groups in total. The van der Waals surface area contributed by atoms with Crippen molar-refractivity contribution in [2.45, 2.75) is 26.8 Å². The van der Waals surface area contributed by atoms with E-state index in [2.05, 4.69) is 58.9 Å². The van der Waals surface area contributed by atoms with Gasteiger partial charge in [0.2, 0.25) is 0 Å². The molecule has 0 spiro atoms. The second kappa shape index (κ2) is 6.11. The highest BCUT2D eigenvalue weighted by Crippen LogP contribution is 2.35. The standard InChI is InChI=1S/C19H23N5O/c1-12-5-6-16-15(9-12)19(21-11-20-16)24-7-8-25-10-17(24)18-13(2)22-23(4)14(18)3/h5-6,9,11,17H,7-8,10H2,1-4H3/t17-/m1/s1. The molecule has 4 rings (SSSR count). The van der Waals surface area contributed by atoms with Crippen LogP contribution in [0.1, 0.15) is 28.6 Å². The second-order valence-corrected chi connectivity index (χ2v) is 6.71. The predicted molar refractivity (Wildman–Crippen MR) is 97.9 cm³/mol. The average molecular weight is 337 g/mol. The fraction of sp³-hybridized carbons (Fsp3) is 0.421. The molecule has 130 valence electrons. The Labute approximate surface area is 147 Å². The van der Waals surface area contributed by atoms with E-state index in [9.17, 15) is 0 Å². The number of aryl methyl sites for hydroxylation is 3. The van der Waals surface area contributed by atoms with Gasteiger partial charge in [-0.25, -0.2) is 9.97 Å². The van der Waals surface area contributed by atoms with Crippen LogP contribution >= 0.6 is 0 Å². The Kier molecular flexibility index (Phi) is 3.92. The topological polar surface area (TPSA) is 56.1 Å². The minimum atomic E-state index is 0.112. The molecule has 0 amide bonds. The summed E-state index contributed by atoms with van der Waals surface area (Å²) in [6, 6.07) is 6.43. The summed E-state index contributed by atoms with van der Waals surface area (Å²) in [6.07, 6.45) is 1.66. The Bertz CT molecular complexity index is 933. The van der Waals surface area contributed by atoms with Crippen molar-refractivity contribution in [3.63, 3.8) is 0 Å². The van der Waals surface area contributed by atoms with E-state index in [0.29, 0.717) is 13.2 Å². The first-order chi connectivity index (χ1) is 12.1. The Morgan fingerprint density at radius 3 is 2.76 bits per heavy atom. The van der Waals surface area contributed by atoms with Crippen LogP contribution < -0.4 is 4.90 Å². The Morgan fingerprint density at radius 1 is 1.16 bits per heavy atom. The largest absolute Gasteiger partial charge is 0.377 e. The molecule has 1 aromatic carbocycles. The van der Waals surface area contributed by atoms with Crippen molar-refractivity contribution < 1.29 is 4.74 Å². The van der Waals surface area contributed by atoms with E-state index in [0.717, 1.165) is 29.0 Å². The highest BCUT2D eigenvalue weighted by molar-refractivity contribution is 5.90. The number of rotatable bonds is 2. The lowest BCUT2D eigenvalue weighted by Crippen LogP contribution is -2.40. The predicted octanol–water partition coefficient (Wildman–Crippen LogP) is 2.87. The number of ether oxygens (including phenoxy) is 1. The highest BCUT2D eigenvalue weighted by atomic mass is 16.5. The molecule has 1 fully saturated rings. The van der Waals surface area contributed by atoms with Crippen LogP contribution in [0.2, 0.25) is 0 Å². The zero-order chi connectivity index (χ0) is 17.6. The monoisotopic (exact) mass is 337 g/mol. The molecule has 0 aliphatic carbocycles. The number of morpholine rings is 1. The van der Waals surface area contributed by atoms with Crippen LogP contribution in [0.5, 0.6) is 0 Å². The molecular formula is C19H23N5O. The van der Waals surface area contributed by atoms with Gasteiger partial charge in [0.25, 0.3) is 0 Å². The highest BCUT2D eigenvalue weighted by Gasteiger charge is 2.31. The van der Waals surface area contributed by atoms with Crippen LogP contribution in [0.4, 0.5) is 5.82 Å². The minimum Gasteiger partial charge on any atom is -0.377 e. The molecule has 25 heavy (non-hydrogen) atoms. The maximum absolute atomic E-state index is 5.82. The van der Waals surface area contributed by atoms with Gasteiger partial charge in [-0.05, 0) is 32.9 Å². The smallest absolute Gasteiger partial charge is 0.140 e. The number of benzene rings is 1. The first kappa shape index (κ1) is 16.0. The van der Waals surface area contributed by atoms with Gasteiger partial charge in [0.05, 0.1) is 30.5 Å². The van der Waals surface area contributed by atoms with Crippen molar-refractivity contribution >= 4 is 16.7 Å². The third-order valence-corrected chi connectivity index (χ3v) is 5.07. The van der Waals surface area contributed by atoms with Gasteiger partial charge in [-0.1, -0.05) is 11.6 Å². The van der Waals surface area contributed by atoms with Gasteiger partial charge < -0.3 is 9.64 Å². The lowest BCUT2D eigenvalue weighted by Gasteiger charge is -2.37. The van der Waals surface area contributed by atoms with Gasteiger partial charge in [0.1, 0.15) is 12.1 Å². The molecule has 1 aliphatic heterocycles. The Hall–Kier alpha value is -2.47. The summed E-state index contributed by atoms with van der Waals surface area (Å²) in [5.41, 5.74) is 5.65. The summed E-state index contributed by atoms with van der Waals surface area (Å²) < 4.78 is 7.77. The first-order valence-corrected chi connectivity index (χ1v) is 8.62. The summed E-state index contributed by atoms with van der Waals surface area (Å²) in [4.78, 5) is 11.4. The van der Waals surface area contributed by atoms with Gasteiger partial charge in [-0.3, -0.25) is 4.68 Å². The molecule has 0 saturated carbocycles. The van der Waals surface area contributed by atoms with Crippen molar-refractivity contribution in [3.8, 4) is 0 Å². The van der Waals surface area contributed by atoms with Gasteiger partial charge in [-0.2, -0.15) is 5.10 Å². The summed E-state index contributed by atoms with van der Waals surface area (Å²) in [5, 5.41) is 5.68. The second-order valence-electron chi connectivity index (χ2n) is 6.71. The summed E-state index contributed by atoms with van der Waals surface area (Å²) in [5.74, 6) is 0.977. The van der Waals surface area contributed by atoms with Crippen molar-refractivity contribution in [3.05, 3.63) is 47.0 Å². The van der Waals surface area contributed by atoms with E-state index in [1.54, 1.807) is 6.33 Å². The van der Waals surface area contributed by atoms with Crippen molar-refractivity contribution in [2.75, 3.05) is 24.7 Å². The summed E-state index contributed by atoms with van der Waals surface area (Å²) in [6.45, 7) is 8.43.